The first-order chi connectivity index (χ1) is 10.7. The fourth-order valence-corrected chi connectivity index (χ4v) is 2.72. The summed E-state index contributed by atoms with van der Waals surface area (Å²) in [5, 5.41) is 6.92. The number of benzene rings is 1. The van der Waals surface area contributed by atoms with Gasteiger partial charge < -0.3 is 25.2 Å². The van der Waals surface area contributed by atoms with Gasteiger partial charge >= 0.3 is 0 Å². The number of ether oxygens (including phenoxy) is 1. The number of methoxy groups -OCH3 is 1. The highest BCUT2D eigenvalue weighted by Crippen LogP contribution is 2.29. The van der Waals surface area contributed by atoms with Gasteiger partial charge in [0.2, 0.25) is 0 Å². The van der Waals surface area contributed by atoms with Gasteiger partial charge in [-0.2, -0.15) is 0 Å². The van der Waals surface area contributed by atoms with E-state index in [1.807, 2.05) is 0 Å². The first-order valence-electron chi connectivity index (χ1n) is 8.18. The molecule has 22 heavy (non-hydrogen) atoms. The van der Waals surface area contributed by atoms with Crippen molar-refractivity contribution in [1.29, 1.82) is 0 Å². The molecule has 1 fully saturated rings. The highest BCUT2D eigenvalue weighted by molar-refractivity contribution is 5.60. The average molecular weight is 306 g/mol. The van der Waals surface area contributed by atoms with Crippen LogP contribution in [0.15, 0.2) is 18.2 Å². The maximum Gasteiger partial charge on any atom is 0.142 e. The van der Waals surface area contributed by atoms with E-state index in [1.54, 1.807) is 7.11 Å². The summed E-state index contributed by atoms with van der Waals surface area (Å²) < 4.78 is 5.63. The molecule has 0 bridgehead atoms. The zero-order valence-electron chi connectivity index (χ0n) is 14.2. The highest BCUT2D eigenvalue weighted by atomic mass is 16.5. The number of likely N-dealkylation sites (N-methyl/N-ethyl adjacent to an activating group) is 1. The van der Waals surface area contributed by atoms with Gasteiger partial charge in [0.1, 0.15) is 5.75 Å². The van der Waals surface area contributed by atoms with Crippen molar-refractivity contribution in [2.24, 2.45) is 0 Å². The minimum atomic E-state index is 0.881. The molecule has 0 saturated carbocycles. The molecule has 124 valence electrons. The van der Waals surface area contributed by atoms with E-state index in [0.29, 0.717) is 0 Å². The molecule has 1 aliphatic heterocycles. The summed E-state index contributed by atoms with van der Waals surface area (Å²) in [6.45, 7) is 7.20. The molecule has 1 aliphatic rings. The van der Waals surface area contributed by atoms with Crippen molar-refractivity contribution in [2.75, 3.05) is 65.4 Å². The maximum absolute atomic E-state index is 5.63. The van der Waals surface area contributed by atoms with Gasteiger partial charge in [0.15, 0.2) is 0 Å². The molecule has 5 heteroatoms. The van der Waals surface area contributed by atoms with Crippen molar-refractivity contribution in [3.8, 4) is 5.75 Å². The monoisotopic (exact) mass is 306 g/mol. The molecule has 2 rings (SSSR count). The van der Waals surface area contributed by atoms with E-state index in [1.165, 1.54) is 17.7 Å². The normalized spacial score (nSPS) is 15.9. The van der Waals surface area contributed by atoms with Gasteiger partial charge in [-0.25, -0.2) is 0 Å². The van der Waals surface area contributed by atoms with Crippen LogP contribution in [0, 0.1) is 0 Å². The minimum Gasteiger partial charge on any atom is -0.495 e. The third kappa shape index (κ3) is 5.16. The number of rotatable bonds is 7. The molecule has 1 aromatic rings. The van der Waals surface area contributed by atoms with Crippen molar-refractivity contribution >= 4 is 5.69 Å². The smallest absolute Gasteiger partial charge is 0.142 e. The van der Waals surface area contributed by atoms with Crippen LogP contribution in [0.1, 0.15) is 12.0 Å². The molecular formula is C17H30N4O. The molecule has 0 radical (unpaired) electrons. The summed E-state index contributed by atoms with van der Waals surface area (Å²) in [4.78, 5) is 4.60. The van der Waals surface area contributed by atoms with Crippen LogP contribution in [0.4, 0.5) is 5.69 Å². The molecular weight excluding hydrogens is 276 g/mol. The summed E-state index contributed by atoms with van der Waals surface area (Å²) in [7, 11) is 5.95. The topological polar surface area (TPSA) is 39.8 Å². The molecule has 0 aromatic heterocycles. The predicted molar refractivity (Wildman–Crippen MR) is 93.0 cm³/mol. The third-order valence-electron chi connectivity index (χ3n) is 3.99. The van der Waals surface area contributed by atoms with Crippen molar-refractivity contribution in [3.63, 3.8) is 0 Å². The van der Waals surface area contributed by atoms with Gasteiger partial charge in [-0.05, 0) is 44.8 Å². The molecule has 0 atom stereocenters. The Morgan fingerprint density at radius 3 is 2.91 bits per heavy atom. The molecule has 0 amide bonds. The van der Waals surface area contributed by atoms with Crippen LogP contribution in [-0.2, 0) is 6.54 Å². The SMILES string of the molecule is COc1cc(CNCCN(C)C)ccc1N1CCCNCC1. The molecule has 0 aliphatic carbocycles. The van der Waals surface area contributed by atoms with Crippen LogP contribution in [0.3, 0.4) is 0 Å². The lowest BCUT2D eigenvalue weighted by Crippen LogP contribution is -2.28. The Labute approximate surface area is 134 Å². The summed E-state index contributed by atoms with van der Waals surface area (Å²) in [6.07, 6.45) is 1.18. The lowest BCUT2D eigenvalue weighted by Gasteiger charge is -2.25. The van der Waals surface area contributed by atoms with E-state index in [0.717, 1.165) is 51.6 Å². The number of hydrogen-bond donors (Lipinski definition) is 2. The van der Waals surface area contributed by atoms with Crippen LogP contribution >= 0.6 is 0 Å². The maximum atomic E-state index is 5.63. The molecule has 0 unspecified atom stereocenters. The minimum absolute atomic E-state index is 0.881. The molecule has 2 N–H and O–H groups in total. The number of anilines is 1. The van der Waals surface area contributed by atoms with Gasteiger partial charge in [-0.1, -0.05) is 6.07 Å². The second kappa shape index (κ2) is 8.98. The van der Waals surface area contributed by atoms with Crippen LogP contribution in [-0.4, -0.2) is 65.4 Å². The molecule has 1 saturated heterocycles. The first-order valence-corrected chi connectivity index (χ1v) is 8.18. The van der Waals surface area contributed by atoms with E-state index in [-0.39, 0.29) is 0 Å². The Hall–Kier alpha value is -1.30. The Bertz CT molecular complexity index is 442. The standard InChI is InChI=1S/C17H30N4O/c1-20(2)11-8-19-14-15-5-6-16(17(13-15)22-3)21-10-4-7-18-9-12-21/h5-6,13,18-19H,4,7-12,14H2,1-3H3. The molecule has 1 heterocycles. The van der Waals surface area contributed by atoms with E-state index in [2.05, 4.69) is 52.7 Å². The first kappa shape index (κ1) is 17.1. The summed E-state index contributed by atoms with van der Waals surface area (Å²) in [5.74, 6) is 0.980. The number of hydrogen-bond acceptors (Lipinski definition) is 5. The number of nitrogens with zero attached hydrogens (tertiary/aromatic N) is 2. The lowest BCUT2D eigenvalue weighted by molar-refractivity contribution is 0.399. The Kier molecular flexibility index (Phi) is 6.96. The van der Waals surface area contributed by atoms with E-state index in [9.17, 15) is 0 Å². The van der Waals surface area contributed by atoms with E-state index >= 15 is 0 Å². The van der Waals surface area contributed by atoms with Gasteiger partial charge in [-0.15, -0.1) is 0 Å². The van der Waals surface area contributed by atoms with Crippen LogP contribution in [0.25, 0.3) is 0 Å². The van der Waals surface area contributed by atoms with Crippen molar-refractivity contribution in [2.45, 2.75) is 13.0 Å². The fourth-order valence-electron chi connectivity index (χ4n) is 2.72. The predicted octanol–water partition coefficient (Wildman–Crippen LogP) is 1.15. The van der Waals surface area contributed by atoms with Crippen LogP contribution in [0.2, 0.25) is 0 Å². The molecule has 0 spiro atoms. The summed E-state index contributed by atoms with van der Waals surface area (Å²) in [6, 6.07) is 6.57. The lowest BCUT2D eigenvalue weighted by atomic mass is 10.1. The van der Waals surface area contributed by atoms with Crippen molar-refractivity contribution in [3.05, 3.63) is 23.8 Å². The zero-order chi connectivity index (χ0) is 15.8. The number of nitrogens with one attached hydrogen (secondary N) is 2. The second-order valence-electron chi connectivity index (χ2n) is 6.08. The van der Waals surface area contributed by atoms with Crippen LogP contribution < -0.4 is 20.3 Å². The average Bonchev–Trinajstić information content (AvgIpc) is 2.80. The Morgan fingerprint density at radius 1 is 1.27 bits per heavy atom. The largest absolute Gasteiger partial charge is 0.495 e. The van der Waals surface area contributed by atoms with E-state index in [4.69, 9.17) is 4.74 Å². The van der Waals surface area contributed by atoms with E-state index < -0.39 is 0 Å². The van der Waals surface area contributed by atoms with Gasteiger partial charge in [0.05, 0.1) is 12.8 Å². The molecule has 1 aromatic carbocycles. The van der Waals surface area contributed by atoms with Crippen LogP contribution in [0.5, 0.6) is 5.75 Å². The van der Waals surface area contributed by atoms with Gasteiger partial charge in [-0.3, -0.25) is 0 Å². The Morgan fingerprint density at radius 2 is 2.14 bits per heavy atom. The third-order valence-corrected chi connectivity index (χ3v) is 3.99. The second-order valence-corrected chi connectivity index (χ2v) is 6.08. The van der Waals surface area contributed by atoms with Gasteiger partial charge in [0, 0.05) is 39.3 Å². The quantitative estimate of drug-likeness (QED) is 0.740. The zero-order valence-corrected chi connectivity index (χ0v) is 14.2. The summed E-state index contributed by atoms with van der Waals surface area (Å²) in [5.41, 5.74) is 2.48. The molecule has 5 nitrogen and oxygen atoms in total. The highest BCUT2D eigenvalue weighted by Gasteiger charge is 2.14. The Balaban J connectivity index is 1.97. The van der Waals surface area contributed by atoms with Gasteiger partial charge in [0.25, 0.3) is 0 Å². The van der Waals surface area contributed by atoms with Crippen molar-refractivity contribution in [1.82, 2.24) is 15.5 Å². The van der Waals surface area contributed by atoms with Crippen molar-refractivity contribution < 1.29 is 4.74 Å². The summed E-state index contributed by atoms with van der Waals surface area (Å²) >= 11 is 0. The fraction of sp³-hybridized carbons (Fsp3) is 0.647.